The van der Waals surface area contributed by atoms with Gasteiger partial charge in [-0.15, -0.1) is 13.2 Å². The van der Waals surface area contributed by atoms with Gasteiger partial charge in [-0.05, 0) is 56.4 Å². The number of rotatable bonds is 16. The largest absolute Gasteiger partial charge is 0.494 e. The Hall–Kier alpha value is -3.25. The number of hydrogen-bond donors (Lipinski definition) is 1. The van der Waals surface area contributed by atoms with Gasteiger partial charge < -0.3 is 34.0 Å². The van der Waals surface area contributed by atoms with Crippen LogP contribution in [0.4, 0.5) is 5.69 Å². The highest BCUT2D eigenvalue weighted by Gasteiger charge is 2.75. The molecule has 5 rings (SSSR count). The van der Waals surface area contributed by atoms with Crippen molar-refractivity contribution < 1.29 is 33.7 Å². The van der Waals surface area contributed by atoms with Crippen molar-refractivity contribution in [1.82, 2.24) is 14.7 Å². The van der Waals surface area contributed by atoms with Crippen LogP contribution in [0.2, 0.25) is 0 Å². The molecule has 4 fully saturated rings. The van der Waals surface area contributed by atoms with E-state index in [0.717, 1.165) is 13.1 Å². The molecule has 6 atom stereocenters. The van der Waals surface area contributed by atoms with E-state index in [-0.39, 0.29) is 36.8 Å². The van der Waals surface area contributed by atoms with Gasteiger partial charge >= 0.3 is 0 Å². The summed E-state index contributed by atoms with van der Waals surface area (Å²) >= 11 is 0. The molecule has 1 N–H and O–H groups in total. The number of carbonyl (C=O) groups excluding carboxylic acids is 3. The van der Waals surface area contributed by atoms with E-state index in [1.54, 1.807) is 26.9 Å². The van der Waals surface area contributed by atoms with Crippen LogP contribution in [-0.2, 0) is 23.9 Å². The summed E-state index contributed by atoms with van der Waals surface area (Å²) in [7, 11) is 0. The van der Waals surface area contributed by atoms with E-state index in [9.17, 15) is 19.5 Å². The van der Waals surface area contributed by atoms with E-state index in [1.165, 1.54) is 0 Å². The summed E-state index contributed by atoms with van der Waals surface area (Å²) in [5.74, 6) is -1.50. The second kappa shape index (κ2) is 15.3. The zero-order chi connectivity index (χ0) is 33.7. The molecule has 11 nitrogen and oxygen atoms in total. The van der Waals surface area contributed by atoms with Gasteiger partial charge in [0.05, 0.1) is 50.4 Å². The predicted octanol–water partition coefficient (Wildman–Crippen LogP) is 2.73. The molecular formula is C36H52N4O7. The fourth-order valence-electron chi connectivity index (χ4n) is 8.09. The number of hydrogen-bond acceptors (Lipinski definition) is 8. The summed E-state index contributed by atoms with van der Waals surface area (Å²) in [6, 6.07) is 5.76. The van der Waals surface area contributed by atoms with Crippen LogP contribution in [0.1, 0.15) is 40.0 Å². The highest BCUT2D eigenvalue weighted by Crippen LogP contribution is 2.59. The third kappa shape index (κ3) is 6.86. The summed E-state index contributed by atoms with van der Waals surface area (Å²) in [5, 5.41) is 10.7. The molecule has 0 aliphatic carbocycles. The van der Waals surface area contributed by atoms with Crippen LogP contribution in [0.15, 0.2) is 49.6 Å². The van der Waals surface area contributed by atoms with Crippen molar-refractivity contribution in [2.75, 3.05) is 70.6 Å². The molecule has 1 spiro atoms. The minimum absolute atomic E-state index is 0.164. The van der Waals surface area contributed by atoms with E-state index in [0.29, 0.717) is 70.2 Å². The van der Waals surface area contributed by atoms with Gasteiger partial charge in [0.25, 0.3) is 0 Å². The van der Waals surface area contributed by atoms with Gasteiger partial charge in [-0.25, -0.2) is 0 Å². The van der Waals surface area contributed by atoms with Crippen LogP contribution in [0.3, 0.4) is 0 Å². The van der Waals surface area contributed by atoms with Gasteiger partial charge in [-0.2, -0.15) is 0 Å². The number of amides is 3. The Morgan fingerprint density at radius 1 is 1.13 bits per heavy atom. The van der Waals surface area contributed by atoms with Crippen LogP contribution in [-0.4, -0.2) is 127 Å². The van der Waals surface area contributed by atoms with E-state index < -0.39 is 35.6 Å². The molecule has 2 bridgehead atoms. The smallest absolute Gasteiger partial charge is 0.248 e. The first-order chi connectivity index (χ1) is 22.7. The Kier molecular flexibility index (Phi) is 11.4. The van der Waals surface area contributed by atoms with Gasteiger partial charge in [0, 0.05) is 45.0 Å². The molecule has 4 heterocycles. The zero-order valence-corrected chi connectivity index (χ0v) is 28.2. The van der Waals surface area contributed by atoms with E-state index in [1.807, 2.05) is 45.0 Å². The van der Waals surface area contributed by atoms with Crippen molar-refractivity contribution in [3.63, 3.8) is 0 Å². The fourth-order valence-corrected chi connectivity index (χ4v) is 8.09. The Morgan fingerprint density at radius 3 is 2.45 bits per heavy atom. The number of likely N-dealkylation sites (tertiary alicyclic amines) is 1. The maximum atomic E-state index is 14.8. The molecule has 2 unspecified atom stereocenters. The average molecular weight is 653 g/mol. The first-order valence-electron chi connectivity index (χ1n) is 17.2. The van der Waals surface area contributed by atoms with Gasteiger partial charge in [0.15, 0.2) is 0 Å². The molecule has 11 heteroatoms. The van der Waals surface area contributed by atoms with Crippen molar-refractivity contribution >= 4 is 23.4 Å². The number of ether oxygens (including phenoxy) is 3. The van der Waals surface area contributed by atoms with Crippen LogP contribution >= 0.6 is 0 Å². The number of fused-ring (bicyclic) bond motifs is 1. The van der Waals surface area contributed by atoms with Crippen molar-refractivity contribution in [3.05, 3.63) is 49.6 Å². The van der Waals surface area contributed by atoms with Crippen molar-refractivity contribution in [2.45, 2.75) is 63.8 Å². The lowest BCUT2D eigenvalue weighted by atomic mass is 9.70. The normalized spacial score (nSPS) is 27.5. The molecule has 0 saturated carbocycles. The van der Waals surface area contributed by atoms with Crippen molar-refractivity contribution in [2.24, 2.45) is 17.8 Å². The third-order valence-corrected chi connectivity index (χ3v) is 10.1. The molecule has 258 valence electrons. The second-order valence-electron chi connectivity index (χ2n) is 13.5. The average Bonchev–Trinajstić information content (AvgIpc) is 3.72. The standard InChI is InChI=1S/C36H52N4O7/c1-6-15-38(18-17-37-19-21-45-22-20-37)35(44)32-36-14-13-29(47-36)30(31(36)34(43)40(32)27(24-41)23-25(4)5)33(42)39(16-7-2)26-9-11-28(12-10-26)46-8-3/h6-7,9-12,25,27,29-32,41H,1-2,8,13-24H2,3-5H3/t27-,29+,30-,31+,32?,36?/m1/s1. The minimum Gasteiger partial charge on any atom is -0.494 e. The number of nitrogens with zero attached hydrogens (tertiary/aromatic N) is 4. The molecule has 4 saturated heterocycles. The molecule has 4 aliphatic rings. The third-order valence-electron chi connectivity index (χ3n) is 10.1. The molecule has 0 radical (unpaired) electrons. The summed E-state index contributed by atoms with van der Waals surface area (Å²) in [6.07, 6.45) is 4.43. The molecule has 1 aromatic rings. The monoisotopic (exact) mass is 652 g/mol. The van der Waals surface area contributed by atoms with E-state index >= 15 is 0 Å². The number of morpholine rings is 1. The Labute approximate surface area is 279 Å². The Balaban J connectivity index is 1.50. The van der Waals surface area contributed by atoms with E-state index in [2.05, 4.69) is 18.1 Å². The number of anilines is 1. The first kappa shape index (κ1) is 35.1. The molecule has 4 aliphatic heterocycles. The highest BCUT2D eigenvalue weighted by atomic mass is 16.5. The molecule has 3 amide bonds. The summed E-state index contributed by atoms with van der Waals surface area (Å²) in [5.41, 5.74) is -0.501. The summed E-state index contributed by atoms with van der Waals surface area (Å²) in [6.45, 7) is 18.6. The predicted molar refractivity (Wildman–Crippen MR) is 179 cm³/mol. The molecule has 0 aromatic heterocycles. The lowest BCUT2D eigenvalue weighted by molar-refractivity contribution is -0.151. The first-order valence-corrected chi connectivity index (χ1v) is 17.2. The maximum Gasteiger partial charge on any atom is 0.248 e. The lowest BCUT2D eigenvalue weighted by Crippen LogP contribution is -2.59. The van der Waals surface area contributed by atoms with Gasteiger partial charge in [-0.3, -0.25) is 19.3 Å². The lowest BCUT2D eigenvalue weighted by Gasteiger charge is -2.40. The van der Waals surface area contributed by atoms with Crippen LogP contribution in [0.5, 0.6) is 5.75 Å². The number of aliphatic hydroxyl groups is 1. The summed E-state index contributed by atoms with van der Waals surface area (Å²) < 4.78 is 17.9. The zero-order valence-electron chi connectivity index (χ0n) is 28.2. The van der Waals surface area contributed by atoms with Gasteiger partial charge in [0.2, 0.25) is 17.7 Å². The quantitative estimate of drug-likeness (QED) is 0.272. The second-order valence-corrected chi connectivity index (χ2v) is 13.5. The Morgan fingerprint density at radius 2 is 1.83 bits per heavy atom. The number of carbonyl (C=O) groups is 3. The number of aliphatic hydroxyl groups excluding tert-OH is 1. The van der Waals surface area contributed by atoms with Crippen LogP contribution in [0.25, 0.3) is 0 Å². The van der Waals surface area contributed by atoms with E-state index in [4.69, 9.17) is 14.2 Å². The molecule has 47 heavy (non-hydrogen) atoms. The van der Waals surface area contributed by atoms with Crippen LogP contribution < -0.4 is 9.64 Å². The summed E-state index contributed by atoms with van der Waals surface area (Å²) in [4.78, 5) is 51.3. The topological polar surface area (TPSA) is 112 Å². The highest BCUT2D eigenvalue weighted by molar-refractivity contribution is 6.03. The minimum atomic E-state index is -1.17. The molecular weight excluding hydrogens is 600 g/mol. The van der Waals surface area contributed by atoms with Crippen LogP contribution in [0, 0.1) is 17.8 Å². The van der Waals surface area contributed by atoms with Gasteiger partial charge in [-0.1, -0.05) is 26.0 Å². The van der Waals surface area contributed by atoms with Crippen molar-refractivity contribution in [3.8, 4) is 5.75 Å². The fraction of sp³-hybridized carbons (Fsp3) is 0.639. The Bertz CT molecular complexity index is 1280. The number of benzene rings is 1. The van der Waals surface area contributed by atoms with Crippen molar-refractivity contribution in [1.29, 1.82) is 0 Å². The maximum absolute atomic E-state index is 14.8. The molecule has 1 aromatic carbocycles. The van der Waals surface area contributed by atoms with Gasteiger partial charge in [0.1, 0.15) is 17.4 Å². The SMILES string of the molecule is C=CCN(CCN1CCOCC1)C(=O)C1N([C@@H](CO)CC(C)C)C(=O)[C@@H]2[C@H](C(=O)N(CC=C)c3ccc(OCC)cc3)[C@@H]3CCC12O3.